The largest absolute Gasteiger partial charge is 0.389 e. The maximum absolute atomic E-state index is 12.8. The fourth-order valence-electron chi connectivity index (χ4n) is 4.33. The molecular weight excluding hydrogens is 358 g/mol. The zero-order valence-corrected chi connectivity index (χ0v) is 16.3. The molecule has 2 aliphatic rings. The molecule has 1 aliphatic heterocycles. The zero-order chi connectivity index (χ0) is 19.6. The lowest BCUT2D eigenvalue weighted by atomic mass is 9.82. The number of carbonyl (C=O) groups excluding carboxylic acids is 1. The van der Waals surface area contributed by atoms with Crippen molar-refractivity contribution in [1.82, 2.24) is 25.0 Å². The van der Waals surface area contributed by atoms with E-state index in [1.807, 2.05) is 11.8 Å². The summed E-state index contributed by atoms with van der Waals surface area (Å²) in [7, 11) is 0. The molecule has 1 saturated carbocycles. The molecule has 8 nitrogen and oxygen atoms in total. The van der Waals surface area contributed by atoms with Gasteiger partial charge in [-0.15, -0.1) is 0 Å². The number of aliphatic hydroxyl groups is 1. The van der Waals surface area contributed by atoms with Crippen LogP contribution in [0.2, 0.25) is 0 Å². The van der Waals surface area contributed by atoms with Gasteiger partial charge in [-0.05, 0) is 19.3 Å². The van der Waals surface area contributed by atoms with Crippen LogP contribution in [0.5, 0.6) is 0 Å². The number of rotatable bonds is 5. The Balaban J connectivity index is 1.46. The average molecular weight is 385 g/mol. The third-order valence-electron chi connectivity index (χ3n) is 5.95. The van der Waals surface area contributed by atoms with E-state index in [2.05, 4.69) is 20.1 Å². The molecule has 4 rings (SSSR count). The third kappa shape index (κ3) is 3.92. The van der Waals surface area contributed by atoms with Crippen molar-refractivity contribution in [3.63, 3.8) is 0 Å². The standard InChI is InChI=1S/C20H27N5O3/c1-2-16-23-19(24-28-16)15-11-21-13-22-18(15)14-6-9-25(12-14)17(26)10-20(27)7-4-3-5-8-20/h11,13-14,27H,2-10,12H2,1H3. The monoisotopic (exact) mass is 385 g/mol. The Morgan fingerprint density at radius 3 is 2.93 bits per heavy atom. The van der Waals surface area contributed by atoms with Gasteiger partial charge in [-0.1, -0.05) is 31.3 Å². The number of hydrogen-bond acceptors (Lipinski definition) is 7. The molecule has 0 spiro atoms. The van der Waals surface area contributed by atoms with Crippen molar-refractivity contribution in [1.29, 1.82) is 0 Å². The van der Waals surface area contributed by atoms with E-state index in [-0.39, 0.29) is 18.2 Å². The number of amides is 1. The summed E-state index contributed by atoms with van der Waals surface area (Å²) < 4.78 is 5.23. The van der Waals surface area contributed by atoms with E-state index in [4.69, 9.17) is 4.52 Å². The van der Waals surface area contributed by atoms with Crippen molar-refractivity contribution in [2.45, 2.75) is 69.8 Å². The smallest absolute Gasteiger partial charge is 0.226 e. The Kier molecular flexibility index (Phi) is 5.39. The number of nitrogens with zero attached hydrogens (tertiary/aromatic N) is 5. The topological polar surface area (TPSA) is 105 Å². The Hall–Kier alpha value is -2.35. The van der Waals surface area contributed by atoms with E-state index < -0.39 is 5.60 Å². The molecule has 1 saturated heterocycles. The van der Waals surface area contributed by atoms with Crippen LogP contribution in [0, 0.1) is 0 Å². The molecule has 3 heterocycles. The SMILES string of the molecule is CCc1nc(-c2cncnc2C2CCN(C(=O)CC3(O)CCCCC3)C2)no1. The van der Waals surface area contributed by atoms with Crippen LogP contribution in [0.15, 0.2) is 17.0 Å². The minimum Gasteiger partial charge on any atom is -0.389 e. The number of aryl methyl sites for hydroxylation is 1. The second kappa shape index (κ2) is 7.95. The molecule has 2 fully saturated rings. The first kappa shape index (κ1) is 19.0. The number of likely N-dealkylation sites (tertiary alicyclic amines) is 1. The van der Waals surface area contributed by atoms with E-state index in [0.717, 1.165) is 49.8 Å². The van der Waals surface area contributed by atoms with E-state index in [1.165, 1.54) is 6.33 Å². The van der Waals surface area contributed by atoms with Crippen LogP contribution in [-0.2, 0) is 11.2 Å². The van der Waals surface area contributed by atoms with Gasteiger partial charge in [0.05, 0.1) is 23.3 Å². The molecular formula is C20H27N5O3. The molecule has 28 heavy (non-hydrogen) atoms. The van der Waals surface area contributed by atoms with Crippen molar-refractivity contribution < 1.29 is 14.4 Å². The van der Waals surface area contributed by atoms with Crippen LogP contribution in [0.3, 0.4) is 0 Å². The summed E-state index contributed by atoms with van der Waals surface area (Å²) in [6.45, 7) is 3.23. The van der Waals surface area contributed by atoms with Crippen molar-refractivity contribution in [3.05, 3.63) is 24.1 Å². The Morgan fingerprint density at radius 1 is 1.36 bits per heavy atom. The lowest BCUT2D eigenvalue weighted by Gasteiger charge is -2.32. The summed E-state index contributed by atoms with van der Waals surface area (Å²) in [5.74, 6) is 1.21. The second-order valence-electron chi connectivity index (χ2n) is 7.97. The summed E-state index contributed by atoms with van der Waals surface area (Å²) in [6.07, 6.45) is 9.55. The van der Waals surface area contributed by atoms with E-state index >= 15 is 0 Å². The van der Waals surface area contributed by atoms with Crippen molar-refractivity contribution in [2.75, 3.05) is 13.1 Å². The van der Waals surface area contributed by atoms with Crippen molar-refractivity contribution in [3.8, 4) is 11.4 Å². The fourth-order valence-corrected chi connectivity index (χ4v) is 4.33. The lowest BCUT2D eigenvalue weighted by molar-refractivity contribution is -0.136. The van der Waals surface area contributed by atoms with Gasteiger partial charge in [0, 0.05) is 31.6 Å². The summed E-state index contributed by atoms with van der Waals surface area (Å²) in [5.41, 5.74) is 0.788. The molecule has 1 N–H and O–H groups in total. The summed E-state index contributed by atoms with van der Waals surface area (Å²) >= 11 is 0. The first-order valence-corrected chi connectivity index (χ1v) is 10.2. The highest BCUT2D eigenvalue weighted by molar-refractivity contribution is 5.77. The Labute approximate surface area is 164 Å². The molecule has 1 unspecified atom stereocenters. The molecule has 1 aliphatic carbocycles. The van der Waals surface area contributed by atoms with Crippen LogP contribution in [0.1, 0.15) is 69.4 Å². The molecule has 1 atom stereocenters. The Bertz CT molecular complexity index is 831. The van der Waals surface area contributed by atoms with Gasteiger partial charge in [-0.3, -0.25) is 4.79 Å². The molecule has 0 radical (unpaired) electrons. The maximum atomic E-state index is 12.8. The van der Waals surface area contributed by atoms with Crippen LogP contribution in [0.25, 0.3) is 11.4 Å². The van der Waals surface area contributed by atoms with E-state index in [1.54, 1.807) is 6.20 Å². The predicted octanol–water partition coefficient (Wildman–Crippen LogP) is 2.49. The van der Waals surface area contributed by atoms with Gasteiger partial charge >= 0.3 is 0 Å². The van der Waals surface area contributed by atoms with Crippen LogP contribution < -0.4 is 0 Å². The van der Waals surface area contributed by atoms with Crippen molar-refractivity contribution in [2.24, 2.45) is 0 Å². The molecule has 0 aromatic carbocycles. The minimum absolute atomic E-state index is 0.0373. The molecule has 8 heteroatoms. The fraction of sp³-hybridized carbons (Fsp3) is 0.650. The molecule has 1 amide bonds. The predicted molar refractivity (Wildman–Crippen MR) is 101 cm³/mol. The highest BCUT2D eigenvalue weighted by Gasteiger charge is 2.36. The van der Waals surface area contributed by atoms with Crippen LogP contribution in [-0.4, -0.2) is 54.7 Å². The third-order valence-corrected chi connectivity index (χ3v) is 5.95. The molecule has 0 bridgehead atoms. The average Bonchev–Trinajstić information content (AvgIpc) is 3.38. The first-order chi connectivity index (χ1) is 13.6. The maximum Gasteiger partial charge on any atom is 0.226 e. The van der Waals surface area contributed by atoms with Gasteiger partial charge in [0.15, 0.2) is 0 Å². The number of hydrogen-bond donors (Lipinski definition) is 1. The molecule has 2 aromatic heterocycles. The quantitative estimate of drug-likeness (QED) is 0.843. The van der Waals surface area contributed by atoms with Crippen molar-refractivity contribution >= 4 is 5.91 Å². The minimum atomic E-state index is -0.825. The van der Waals surface area contributed by atoms with Gasteiger partial charge in [-0.25, -0.2) is 9.97 Å². The van der Waals surface area contributed by atoms with Gasteiger partial charge < -0.3 is 14.5 Å². The second-order valence-corrected chi connectivity index (χ2v) is 7.97. The number of carbonyl (C=O) groups is 1. The molecule has 2 aromatic rings. The summed E-state index contributed by atoms with van der Waals surface area (Å²) in [5, 5.41) is 14.8. The van der Waals surface area contributed by atoms with Gasteiger partial charge in [0.2, 0.25) is 17.6 Å². The van der Waals surface area contributed by atoms with Gasteiger partial charge in [0.1, 0.15) is 6.33 Å². The summed E-state index contributed by atoms with van der Waals surface area (Å²) in [4.78, 5) is 27.6. The highest BCUT2D eigenvalue weighted by atomic mass is 16.5. The summed E-state index contributed by atoms with van der Waals surface area (Å²) in [6, 6.07) is 0. The highest BCUT2D eigenvalue weighted by Crippen LogP contribution is 2.35. The normalized spacial score (nSPS) is 21.8. The Morgan fingerprint density at radius 2 is 2.18 bits per heavy atom. The molecule has 150 valence electrons. The lowest BCUT2D eigenvalue weighted by Crippen LogP contribution is -2.39. The van der Waals surface area contributed by atoms with Gasteiger partial charge in [-0.2, -0.15) is 4.98 Å². The van der Waals surface area contributed by atoms with E-state index in [0.29, 0.717) is 31.2 Å². The number of aromatic nitrogens is 4. The van der Waals surface area contributed by atoms with Crippen LogP contribution >= 0.6 is 0 Å². The first-order valence-electron chi connectivity index (χ1n) is 10.2. The van der Waals surface area contributed by atoms with Crippen LogP contribution in [0.4, 0.5) is 0 Å². The zero-order valence-electron chi connectivity index (χ0n) is 16.3. The van der Waals surface area contributed by atoms with Gasteiger partial charge in [0.25, 0.3) is 0 Å². The van der Waals surface area contributed by atoms with E-state index in [9.17, 15) is 9.90 Å².